The molecule has 3 heteroatoms. The van der Waals surface area contributed by atoms with E-state index in [1.54, 1.807) is 0 Å². The van der Waals surface area contributed by atoms with Gasteiger partial charge in [-0.05, 0) is 31.1 Å². The SMILES string of the molecule is O=C1OC(=O)C2C1C1CC[C@@H]2C1. The Morgan fingerprint density at radius 3 is 2.00 bits per heavy atom. The van der Waals surface area contributed by atoms with Gasteiger partial charge in [-0.1, -0.05) is 0 Å². The summed E-state index contributed by atoms with van der Waals surface area (Å²) in [5, 5.41) is 0. The molecule has 1 aliphatic heterocycles. The lowest BCUT2D eigenvalue weighted by atomic mass is 9.81. The van der Waals surface area contributed by atoms with Crippen molar-refractivity contribution in [1.29, 1.82) is 0 Å². The highest BCUT2D eigenvalue weighted by Crippen LogP contribution is 2.55. The van der Waals surface area contributed by atoms with Gasteiger partial charge in [0.2, 0.25) is 0 Å². The molecule has 12 heavy (non-hydrogen) atoms. The number of carbonyl (C=O) groups excluding carboxylic acids is 2. The number of rotatable bonds is 0. The molecule has 0 amide bonds. The van der Waals surface area contributed by atoms with Crippen LogP contribution in [0.15, 0.2) is 0 Å². The van der Waals surface area contributed by atoms with Crippen molar-refractivity contribution in [3.05, 3.63) is 0 Å². The zero-order chi connectivity index (χ0) is 8.29. The number of ether oxygens (including phenoxy) is 1. The summed E-state index contributed by atoms with van der Waals surface area (Å²) in [5.41, 5.74) is 0. The highest BCUT2D eigenvalue weighted by Gasteiger charge is 2.59. The molecule has 2 aliphatic carbocycles. The summed E-state index contributed by atoms with van der Waals surface area (Å²) < 4.78 is 4.63. The van der Waals surface area contributed by atoms with Gasteiger partial charge in [-0.25, -0.2) is 0 Å². The maximum atomic E-state index is 11.2. The van der Waals surface area contributed by atoms with Gasteiger partial charge in [-0.15, -0.1) is 0 Å². The molecular formula is C9H10O3. The van der Waals surface area contributed by atoms with Crippen LogP contribution in [-0.2, 0) is 14.3 Å². The van der Waals surface area contributed by atoms with E-state index in [-0.39, 0.29) is 23.8 Å². The van der Waals surface area contributed by atoms with Crippen LogP contribution in [0.4, 0.5) is 0 Å². The van der Waals surface area contributed by atoms with Crippen LogP contribution < -0.4 is 0 Å². The highest BCUT2D eigenvalue weighted by atomic mass is 16.6. The monoisotopic (exact) mass is 166 g/mol. The molecule has 0 aromatic carbocycles. The third kappa shape index (κ3) is 0.586. The summed E-state index contributed by atoms with van der Waals surface area (Å²) in [6.07, 6.45) is 3.32. The highest BCUT2D eigenvalue weighted by molar-refractivity contribution is 5.97. The van der Waals surface area contributed by atoms with Crippen molar-refractivity contribution in [3.8, 4) is 0 Å². The van der Waals surface area contributed by atoms with Crippen molar-refractivity contribution in [1.82, 2.24) is 0 Å². The second kappa shape index (κ2) is 1.90. The summed E-state index contributed by atoms with van der Waals surface area (Å²) in [5.74, 6) is 0.291. The Balaban J connectivity index is 2.03. The number of cyclic esters (lactones) is 2. The van der Waals surface area contributed by atoms with Crippen LogP contribution in [0, 0.1) is 23.7 Å². The second-order valence-corrected chi connectivity index (χ2v) is 4.12. The Bertz CT molecular complexity index is 245. The van der Waals surface area contributed by atoms with E-state index in [0.29, 0.717) is 11.8 Å². The maximum absolute atomic E-state index is 11.2. The van der Waals surface area contributed by atoms with Crippen molar-refractivity contribution < 1.29 is 14.3 Å². The van der Waals surface area contributed by atoms with E-state index in [1.807, 2.05) is 0 Å². The fourth-order valence-corrected chi connectivity index (χ4v) is 3.20. The van der Waals surface area contributed by atoms with E-state index in [1.165, 1.54) is 0 Å². The summed E-state index contributed by atoms with van der Waals surface area (Å²) >= 11 is 0. The zero-order valence-corrected chi connectivity index (χ0v) is 6.66. The molecule has 3 aliphatic rings. The molecule has 2 saturated carbocycles. The number of carbonyl (C=O) groups is 2. The molecule has 0 aromatic heterocycles. The van der Waals surface area contributed by atoms with E-state index in [4.69, 9.17) is 0 Å². The first-order valence-electron chi connectivity index (χ1n) is 4.53. The minimum atomic E-state index is -0.253. The van der Waals surface area contributed by atoms with E-state index in [2.05, 4.69) is 4.74 Å². The molecule has 1 heterocycles. The largest absolute Gasteiger partial charge is 0.393 e. The third-order valence-corrected chi connectivity index (χ3v) is 3.66. The van der Waals surface area contributed by atoms with E-state index >= 15 is 0 Å². The summed E-state index contributed by atoms with van der Waals surface area (Å²) in [6.45, 7) is 0. The maximum Gasteiger partial charge on any atom is 0.317 e. The summed E-state index contributed by atoms with van der Waals surface area (Å²) in [7, 11) is 0. The minimum Gasteiger partial charge on any atom is -0.393 e. The molecule has 3 rings (SSSR count). The topological polar surface area (TPSA) is 43.4 Å². The smallest absolute Gasteiger partial charge is 0.317 e. The predicted molar refractivity (Wildman–Crippen MR) is 38.9 cm³/mol. The molecular weight excluding hydrogens is 156 g/mol. The Hall–Kier alpha value is -0.860. The average molecular weight is 166 g/mol. The molecule has 0 radical (unpaired) electrons. The van der Waals surface area contributed by atoms with Crippen LogP contribution in [0.25, 0.3) is 0 Å². The predicted octanol–water partition coefficient (Wildman–Crippen LogP) is 0.732. The van der Waals surface area contributed by atoms with Crippen molar-refractivity contribution in [2.45, 2.75) is 19.3 Å². The number of hydrogen-bond acceptors (Lipinski definition) is 3. The van der Waals surface area contributed by atoms with Gasteiger partial charge in [0.05, 0.1) is 11.8 Å². The van der Waals surface area contributed by atoms with Crippen molar-refractivity contribution in [3.63, 3.8) is 0 Å². The molecule has 3 fully saturated rings. The molecule has 3 nitrogen and oxygen atoms in total. The zero-order valence-electron chi connectivity index (χ0n) is 6.66. The lowest BCUT2D eigenvalue weighted by Gasteiger charge is -2.17. The Morgan fingerprint density at radius 1 is 1.00 bits per heavy atom. The Labute approximate surface area is 70.1 Å². The molecule has 64 valence electrons. The Morgan fingerprint density at radius 2 is 1.50 bits per heavy atom. The Kier molecular flexibility index (Phi) is 1.05. The van der Waals surface area contributed by atoms with Crippen LogP contribution in [0.3, 0.4) is 0 Å². The van der Waals surface area contributed by atoms with Gasteiger partial charge in [-0.2, -0.15) is 0 Å². The first-order chi connectivity index (χ1) is 5.77. The van der Waals surface area contributed by atoms with Crippen LogP contribution in [0.5, 0.6) is 0 Å². The number of fused-ring (bicyclic) bond motifs is 5. The van der Waals surface area contributed by atoms with Crippen molar-refractivity contribution in [2.24, 2.45) is 23.7 Å². The fourth-order valence-electron chi connectivity index (χ4n) is 3.20. The summed E-state index contributed by atoms with van der Waals surface area (Å²) in [4.78, 5) is 22.4. The first-order valence-corrected chi connectivity index (χ1v) is 4.53. The van der Waals surface area contributed by atoms with E-state index in [0.717, 1.165) is 19.3 Å². The number of esters is 2. The van der Waals surface area contributed by atoms with Crippen molar-refractivity contribution in [2.75, 3.05) is 0 Å². The van der Waals surface area contributed by atoms with Gasteiger partial charge >= 0.3 is 11.9 Å². The van der Waals surface area contributed by atoms with Gasteiger partial charge in [-0.3, -0.25) is 9.59 Å². The third-order valence-electron chi connectivity index (χ3n) is 3.66. The lowest BCUT2D eigenvalue weighted by molar-refractivity contribution is -0.154. The van der Waals surface area contributed by atoms with Crippen LogP contribution in [0.2, 0.25) is 0 Å². The molecule has 0 aromatic rings. The van der Waals surface area contributed by atoms with Gasteiger partial charge < -0.3 is 4.74 Å². The summed E-state index contributed by atoms with van der Waals surface area (Å²) in [6, 6.07) is 0. The van der Waals surface area contributed by atoms with E-state index in [9.17, 15) is 9.59 Å². The molecule has 1 saturated heterocycles. The van der Waals surface area contributed by atoms with Crippen LogP contribution in [0.1, 0.15) is 19.3 Å². The molecule has 3 unspecified atom stereocenters. The second-order valence-electron chi connectivity index (χ2n) is 4.12. The standard InChI is InChI=1S/C9H10O3/c10-8-6-4-1-2-5(3-4)7(6)9(11)12-8/h4-7H,1-3H2/t4-,5?,6?,7?/m1/s1. The van der Waals surface area contributed by atoms with Gasteiger partial charge in [0.25, 0.3) is 0 Å². The first kappa shape index (κ1) is 6.63. The van der Waals surface area contributed by atoms with Gasteiger partial charge in [0.15, 0.2) is 0 Å². The normalized spacial score (nSPS) is 49.7. The van der Waals surface area contributed by atoms with Gasteiger partial charge in [0.1, 0.15) is 0 Å². The van der Waals surface area contributed by atoms with Crippen LogP contribution >= 0.6 is 0 Å². The molecule has 0 N–H and O–H groups in total. The number of hydrogen-bond donors (Lipinski definition) is 0. The quantitative estimate of drug-likeness (QED) is 0.393. The molecule has 0 spiro atoms. The van der Waals surface area contributed by atoms with Gasteiger partial charge in [0, 0.05) is 0 Å². The molecule has 2 bridgehead atoms. The fraction of sp³-hybridized carbons (Fsp3) is 0.778. The van der Waals surface area contributed by atoms with E-state index < -0.39 is 0 Å². The average Bonchev–Trinajstić information content (AvgIpc) is 2.64. The molecule has 4 atom stereocenters. The minimum absolute atomic E-state index is 0.0590. The lowest BCUT2D eigenvalue weighted by Crippen LogP contribution is -2.24. The van der Waals surface area contributed by atoms with Crippen LogP contribution in [-0.4, -0.2) is 11.9 Å². The van der Waals surface area contributed by atoms with Crippen molar-refractivity contribution >= 4 is 11.9 Å².